The number of rotatable bonds is 4. The Labute approximate surface area is 110 Å². The van der Waals surface area contributed by atoms with E-state index in [9.17, 15) is 0 Å². The molecule has 0 bridgehead atoms. The average Bonchev–Trinajstić information content (AvgIpc) is 2.75. The van der Waals surface area contributed by atoms with E-state index in [2.05, 4.69) is 29.1 Å². The Morgan fingerprint density at radius 3 is 2.94 bits per heavy atom. The molecule has 0 aromatic carbocycles. The molecule has 90 valence electrons. The normalized spacial score (nSPS) is 11.1. The largest absolute Gasteiger partial charge is 0.310 e. The molecule has 5 heteroatoms. The third-order valence-corrected chi connectivity index (χ3v) is 3.51. The summed E-state index contributed by atoms with van der Waals surface area (Å²) in [7, 11) is 0. The number of nitrogens with one attached hydrogen (secondary N) is 1. The van der Waals surface area contributed by atoms with Crippen LogP contribution in [0, 0.1) is 0 Å². The maximum absolute atomic E-state index is 6.08. The van der Waals surface area contributed by atoms with Gasteiger partial charge in [0.05, 0.1) is 5.02 Å². The Morgan fingerprint density at radius 1 is 1.41 bits per heavy atom. The zero-order valence-corrected chi connectivity index (χ0v) is 11.3. The van der Waals surface area contributed by atoms with Crippen molar-refractivity contribution < 1.29 is 0 Å². The predicted molar refractivity (Wildman–Crippen MR) is 72.3 cm³/mol. The Kier molecular flexibility index (Phi) is 4.10. The fraction of sp³-hybridized carbons (Fsp3) is 0.333. The van der Waals surface area contributed by atoms with Crippen LogP contribution in [0.25, 0.3) is 10.7 Å². The van der Waals surface area contributed by atoms with Crippen molar-refractivity contribution in [2.24, 2.45) is 0 Å². The van der Waals surface area contributed by atoms with Crippen molar-refractivity contribution in [1.29, 1.82) is 0 Å². The lowest BCUT2D eigenvalue weighted by molar-refractivity contribution is 0.593. The fourth-order valence-electron chi connectivity index (χ4n) is 1.35. The molecule has 0 aliphatic heterocycles. The first kappa shape index (κ1) is 12.5. The van der Waals surface area contributed by atoms with Gasteiger partial charge in [-0.25, -0.2) is 4.98 Å². The van der Waals surface area contributed by atoms with Crippen LogP contribution in [0.4, 0.5) is 0 Å². The first-order valence-electron chi connectivity index (χ1n) is 5.46. The van der Waals surface area contributed by atoms with Crippen molar-refractivity contribution >= 4 is 22.9 Å². The smallest absolute Gasteiger partial charge is 0.143 e. The number of aromatic nitrogens is 2. The molecule has 2 aromatic rings. The SMILES string of the molecule is CC(C)NCc1cnc(-c2ncccc2Cl)s1. The molecule has 0 saturated heterocycles. The van der Waals surface area contributed by atoms with Crippen LogP contribution < -0.4 is 5.32 Å². The summed E-state index contributed by atoms with van der Waals surface area (Å²) in [5.41, 5.74) is 0.759. The van der Waals surface area contributed by atoms with Crippen molar-refractivity contribution in [3.8, 4) is 10.7 Å². The van der Waals surface area contributed by atoms with E-state index in [4.69, 9.17) is 11.6 Å². The van der Waals surface area contributed by atoms with Crippen molar-refractivity contribution in [3.63, 3.8) is 0 Å². The van der Waals surface area contributed by atoms with Crippen LogP contribution in [-0.4, -0.2) is 16.0 Å². The summed E-state index contributed by atoms with van der Waals surface area (Å²) in [6.45, 7) is 5.08. The molecule has 0 aliphatic carbocycles. The molecule has 17 heavy (non-hydrogen) atoms. The molecule has 0 amide bonds. The monoisotopic (exact) mass is 267 g/mol. The summed E-state index contributed by atoms with van der Waals surface area (Å²) in [6.07, 6.45) is 3.61. The lowest BCUT2D eigenvalue weighted by Gasteiger charge is -2.04. The van der Waals surface area contributed by atoms with E-state index in [0.717, 1.165) is 17.2 Å². The molecule has 0 saturated carbocycles. The van der Waals surface area contributed by atoms with Crippen molar-refractivity contribution in [2.45, 2.75) is 26.4 Å². The van der Waals surface area contributed by atoms with Gasteiger partial charge in [-0.1, -0.05) is 25.4 Å². The second kappa shape index (κ2) is 5.58. The molecule has 0 aliphatic rings. The van der Waals surface area contributed by atoms with Crippen molar-refractivity contribution in [2.75, 3.05) is 0 Å². The highest BCUT2D eigenvalue weighted by molar-refractivity contribution is 7.15. The third-order valence-electron chi connectivity index (χ3n) is 2.20. The van der Waals surface area contributed by atoms with Crippen LogP contribution >= 0.6 is 22.9 Å². The Balaban J connectivity index is 2.16. The molecule has 3 nitrogen and oxygen atoms in total. The van der Waals surface area contributed by atoms with Crippen LogP contribution in [0.5, 0.6) is 0 Å². The van der Waals surface area contributed by atoms with E-state index in [1.807, 2.05) is 18.3 Å². The molecule has 0 fully saturated rings. The Bertz CT molecular complexity index is 496. The number of thiazole rings is 1. The number of pyridine rings is 1. The summed E-state index contributed by atoms with van der Waals surface area (Å²) >= 11 is 7.71. The summed E-state index contributed by atoms with van der Waals surface area (Å²) in [5.74, 6) is 0. The van der Waals surface area contributed by atoms with Gasteiger partial charge in [-0.3, -0.25) is 4.98 Å². The summed E-state index contributed by atoms with van der Waals surface area (Å²) in [4.78, 5) is 9.80. The minimum Gasteiger partial charge on any atom is -0.310 e. The van der Waals surface area contributed by atoms with Crippen LogP contribution in [0.1, 0.15) is 18.7 Å². The van der Waals surface area contributed by atoms with E-state index in [0.29, 0.717) is 11.1 Å². The molecule has 0 unspecified atom stereocenters. The highest BCUT2D eigenvalue weighted by Gasteiger charge is 2.09. The van der Waals surface area contributed by atoms with Crippen LogP contribution in [0.3, 0.4) is 0 Å². The van der Waals surface area contributed by atoms with Gasteiger partial charge in [0.15, 0.2) is 0 Å². The molecule has 0 radical (unpaired) electrons. The van der Waals surface area contributed by atoms with Gasteiger partial charge in [-0.15, -0.1) is 11.3 Å². The minimum atomic E-state index is 0.471. The molecule has 2 heterocycles. The van der Waals surface area contributed by atoms with Gasteiger partial charge in [0.25, 0.3) is 0 Å². The molecular formula is C12H14ClN3S. The maximum atomic E-state index is 6.08. The maximum Gasteiger partial charge on any atom is 0.143 e. The number of nitrogens with zero attached hydrogens (tertiary/aromatic N) is 2. The second-order valence-corrected chi connectivity index (χ2v) is 5.52. The van der Waals surface area contributed by atoms with Gasteiger partial charge >= 0.3 is 0 Å². The summed E-state index contributed by atoms with van der Waals surface area (Å²) in [6, 6.07) is 4.12. The van der Waals surface area contributed by atoms with Gasteiger partial charge in [0.2, 0.25) is 0 Å². The van der Waals surface area contributed by atoms with E-state index in [1.54, 1.807) is 17.5 Å². The van der Waals surface area contributed by atoms with E-state index in [-0.39, 0.29) is 0 Å². The van der Waals surface area contributed by atoms with Gasteiger partial charge in [0.1, 0.15) is 10.7 Å². The van der Waals surface area contributed by atoms with Crippen LogP contribution in [0.15, 0.2) is 24.5 Å². The van der Waals surface area contributed by atoms with Gasteiger partial charge < -0.3 is 5.32 Å². The van der Waals surface area contributed by atoms with Gasteiger partial charge in [0, 0.05) is 29.9 Å². The van der Waals surface area contributed by atoms with E-state index >= 15 is 0 Å². The van der Waals surface area contributed by atoms with E-state index < -0.39 is 0 Å². The van der Waals surface area contributed by atoms with Crippen molar-refractivity contribution in [3.05, 3.63) is 34.4 Å². The van der Waals surface area contributed by atoms with Gasteiger partial charge in [-0.2, -0.15) is 0 Å². The summed E-state index contributed by atoms with van der Waals surface area (Å²) < 4.78 is 0. The Morgan fingerprint density at radius 2 is 2.24 bits per heavy atom. The second-order valence-electron chi connectivity index (χ2n) is 4.00. The minimum absolute atomic E-state index is 0.471. The van der Waals surface area contributed by atoms with Gasteiger partial charge in [-0.05, 0) is 12.1 Å². The number of hydrogen-bond donors (Lipinski definition) is 1. The first-order valence-corrected chi connectivity index (χ1v) is 6.65. The Hall–Kier alpha value is -0.970. The quantitative estimate of drug-likeness (QED) is 0.923. The topological polar surface area (TPSA) is 37.8 Å². The standard InChI is InChI=1S/C12H14ClN3S/c1-8(2)15-6-9-7-16-12(17-9)11-10(13)4-3-5-14-11/h3-5,7-8,15H,6H2,1-2H3. The molecule has 2 rings (SSSR count). The lowest BCUT2D eigenvalue weighted by atomic mass is 10.3. The zero-order valence-electron chi connectivity index (χ0n) is 9.77. The van der Waals surface area contributed by atoms with Crippen LogP contribution in [-0.2, 0) is 6.54 Å². The van der Waals surface area contributed by atoms with E-state index in [1.165, 1.54) is 4.88 Å². The van der Waals surface area contributed by atoms with Crippen LogP contribution in [0.2, 0.25) is 5.02 Å². The average molecular weight is 268 g/mol. The first-order chi connectivity index (χ1) is 8.16. The number of hydrogen-bond acceptors (Lipinski definition) is 4. The lowest BCUT2D eigenvalue weighted by Crippen LogP contribution is -2.21. The molecule has 2 aromatic heterocycles. The predicted octanol–water partition coefficient (Wildman–Crippen LogP) is 3.36. The molecule has 0 spiro atoms. The third kappa shape index (κ3) is 3.25. The zero-order chi connectivity index (χ0) is 12.3. The molecule has 0 atom stereocenters. The fourth-order valence-corrected chi connectivity index (χ4v) is 2.49. The van der Waals surface area contributed by atoms with Crippen molar-refractivity contribution in [1.82, 2.24) is 15.3 Å². The highest BCUT2D eigenvalue weighted by Crippen LogP contribution is 2.28. The molecule has 1 N–H and O–H groups in total. The highest BCUT2D eigenvalue weighted by atomic mass is 35.5. The summed E-state index contributed by atoms with van der Waals surface area (Å²) in [5, 5.41) is 4.87. The number of halogens is 1. The molecular weight excluding hydrogens is 254 g/mol.